The summed E-state index contributed by atoms with van der Waals surface area (Å²) in [4.78, 5) is 20.3. The molecule has 0 bridgehead atoms. The maximum atomic E-state index is 15.2. The summed E-state index contributed by atoms with van der Waals surface area (Å²) in [6.07, 6.45) is 9.92. The highest BCUT2D eigenvalue weighted by Gasteiger charge is 2.40. The topological polar surface area (TPSA) is 121 Å². The van der Waals surface area contributed by atoms with E-state index in [0.29, 0.717) is 19.5 Å². The van der Waals surface area contributed by atoms with E-state index in [1.54, 1.807) is 6.92 Å². The smallest absolute Gasteiger partial charge is 0.228 e. The van der Waals surface area contributed by atoms with Crippen LogP contribution in [0.3, 0.4) is 0 Å². The molecule has 0 spiro atoms. The van der Waals surface area contributed by atoms with E-state index in [1.807, 2.05) is 0 Å². The molecule has 234 valence electrons. The molecule has 10 heteroatoms. The molecule has 0 aromatic heterocycles. The first-order valence-electron chi connectivity index (χ1n) is 16.0. The lowest BCUT2D eigenvalue weighted by molar-refractivity contribution is -0.127. The van der Waals surface area contributed by atoms with Gasteiger partial charge in [0.05, 0.1) is 29.5 Å². The molecular weight excluding hydrogens is 529 g/mol. The van der Waals surface area contributed by atoms with Crippen molar-refractivity contribution in [3.05, 3.63) is 0 Å². The molecule has 2 aliphatic rings. The number of amides is 1. The van der Waals surface area contributed by atoms with E-state index in [2.05, 4.69) is 46.6 Å². The number of carbonyl (C=O) groups is 1. The fourth-order valence-corrected chi connectivity index (χ4v) is 7.13. The Hall–Kier alpha value is -0.840. The van der Waals surface area contributed by atoms with Crippen LogP contribution in [-0.4, -0.2) is 92.1 Å². The van der Waals surface area contributed by atoms with Crippen molar-refractivity contribution in [3.63, 3.8) is 0 Å². The van der Waals surface area contributed by atoms with Gasteiger partial charge in [0.1, 0.15) is 6.17 Å². The van der Waals surface area contributed by atoms with Gasteiger partial charge in [-0.2, -0.15) is 0 Å². The van der Waals surface area contributed by atoms with Crippen molar-refractivity contribution in [1.82, 2.24) is 20.9 Å². The zero-order valence-corrected chi connectivity index (χ0v) is 26.4. The highest BCUT2D eigenvalue weighted by Crippen LogP contribution is 2.41. The van der Waals surface area contributed by atoms with Crippen LogP contribution in [0.4, 0.5) is 4.39 Å². The summed E-state index contributed by atoms with van der Waals surface area (Å²) < 4.78 is 15.2. The first-order valence-corrected chi connectivity index (χ1v) is 16.4. The molecule has 2 rings (SSSR count). The predicted molar refractivity (Wildman–Crippen MR) is 167 cm³/mol. The number of hydrogen-bond donors (Lipinski definition) is 5. The molecule has 6 atom stereocenters. The normalized spacial score (nSPS) is 25.3. The van der Waals surface area contributed by atoms with Crippen LogP contribution >= 0.6 is 11.6 Å². The predicted octanol–water partition coefficient (Wildman–Crippen LogP) is 3.56. The molecule has 2 aliphatic heterocycles. The lowest BCUT2D eigenvalue weighted by atomic mass is 9.71. The van der Waals surface area contributed by atoms with Crippen LogP contribution < -0.4 is 27.4 Å². The molecule has 2 fully saturated rings. The Labute approximate surface area is 248 Å². The van der Waals surface area contributed by atoms with Gasteiger partial charge in [-0.15, -0.1) is 11.6 Å². The highest BCUT2D eigenvalue weighted by atomic mass is 35.5. The molecule has 0 aliphatic carbocycles. The third-order valence-electron chi connectivity index (χ3n) is 8.96. The number of halogens is 2. The summed E-state index contributed by atoms with van der Waals surface area (Å²) in [6.45, 7) is 13.4. The van der Waals surface area contributed by atoms with Gasteiger partial charge in [-0.25, -0.2) is 4.39 Å². The fraction of sp³-hybridized carbons (Fsp3) is 0.933. The highest BCUT2D eigenvalue weighted by molar-refractivity contribution is 6.21. The van der Waals surface area contributed by atoms with E-state index in [-0.39, 0.29) is 28.8 Å². The van der Waals surface area contributed by atoms with Crippen LogP contribution in [0.5, 0.6) is 0 Å². The molecule has 6 unspecified atom stereocenters. The SMILES string of the molecule is CCCCC(CCC)(CCCC)CCC(F)C=NC(C)C(C(=O)NC1CNCC(Cl)C1N1CCNCC1)C(N)N. The maximum Gasteiger partial charge on any atom is 0.228 e. The molecule has 8 nitrogen and oxygen atoms in total. The zero-order chi connectivity index (χ0) is 29.5. The molecule has 0 aromatic rings. The van der Waals surface area contributed by atoms with E-state index in [9.17, 15) is 4.79 Å². The minimum Gasteiger partial charge on any atom is -0.350 e. The van der Waals surface area contributed by atoms with Gasteiger partial charge in [0.25, 0.3) is 0 Å². The molecule has 2 saturated heterocycles. The molecule has 0 saturated carbocycles. The Morgan fingerprint density at radius 1 is 1.07 bits per heavy atom. The number of unbranched alkanes of at least 4 members (excludes halogenated alkanes) is 2. The minimum absolute atomic E-state index is 0.0152. The van der Waals surface area contributed by atoms with E-state index in [0.717, 1.165) is 71.1 Å². The van der Waals surface area contributed by atoms with E-state index < -0.39 is 24.3 Å². The molecule has 1 amide bonds. The second kappa shape index (κ2) is 18.6. The molecule has 0 aromatic carbocycles. The monoisotopic (exact) mass is 587 g/mol. The van der Waals surface area contributed by atoms with Crippen LogP contribution in [0, 0.1) is 11.3 Å². The number of aliphatic imine (C=N–C) groups is 1. The van der Waals surface area contributed by atoms with Gasteiger partial charge in [-0.3, -0.25) is 14.7 Å². The Bertz CT molecular complexity index is 729. The van der Waals surface area contributed by atoms with Crippen LogP contribution in [0.25, 0.3) is 0 Å². The van der Waals surface area contributed by atoms with Gasteiger partial charge in [0, 0.05) is 51.5 Å². The van der Waals surface area contributed by atoms with E-state index in [4.69, 9.17) is 23.1 Å². The zero-order valence-electron chi connectivity index (χ0n) is 25.6. The summed E-state index contributed by atoms with van der Waals surface area (Å²) in [6, 6.07) is -0.701. The summed E-state index contributed by atoms with van der Waals surface area (Å²) in [5.41, 5.74) is 12.4. The lowest BCUT2D eigenvalue weighted by Gasteiger charge is -2.45. The maximum absolute atomic E-state index is 15.2. The Kier molecular flexibility index (Phi) is 16.5. The number of rotatable bonds is 18. The van der Waals surface area contributed by atoms with Crippen molar-refractivity contribution in [3.8, 4) is 0 Å². The van der Waals surface area contributed by atoms with E-state index in [1.165, 1.54) is 19.1 Å². The Morgan fingerprint density at radius 2 is 1.73 bits per heavy atom. The number of piperazine rings is 1. The molecular formula is C30H59ClFN7O. The minimum atomic E-state index is -1.16. The second-order valence-electron chi connectivity index (χ2n) is 12.2. The van der Waals surface area contributed by atoms with Crippen molar-refractivity contribution >= 4 is 23.7 Å². The standard InChI is InChI=1S/C30H59ClFN7O/c1-5-8-12-30(11-7-3,13-9-6-2)14-10-23(32)19-37-22(4)26(28(33)34)29(40)38-25-21-36-20-24(31)27(25)39-17-15-35-16-18-39/h19,22-28,35-36H,5-18,20-21,33-34H2,1-4H3,(H,38,40). The molecule has 40 heavy (non-hydrogen) atoms. The molecule has 7 N–H and O–H groups in total. The first kappa shape index (κ1) is 35.4. The first-order chi connectivity index (χ1) is 19.2. The second-order valence-corrected chi connectivity index (χ2v) is 12.8. The van der Waals surface area contributed by atoms with Crippen molar-refractivity contribution in [1.29, 1.82) is 0 Å². The third-order valence-corrected chi connectivity index (χ3v) is 9.37. The van der Waals surface area contributed by atoms with Crippen LogP contribution in [0.2, 0.25) is 0 Å². The Balaban J connectivity index is 2.02. The van der Waals surface area contributed by atoms with Gasteiger partial charge >= 0.3 is 0 Å². The van der Waals surface area contributed by atoms with Gasteiger partial charge in [-0.05, 0) is 44.4 Å². The van der Waals surface area contributed by atoms with Crippen molar-refractivity contribution in [2.75, 3.05) is 39.3 Å². The Morgan fingerprint density at radius 3 is 2.30 bits per heavy atom. The summed E-state index contributed by atoms with van der Waals surface area (Å²) in [7, 11) is 0. The number of hydrogen-bond acceptors (Lipinski definition) is 7. The van der Waals surface area contributed by atoms with E-state index >= 15 is 4.39 Å². The van der Waals surface area contributed by atoms with Gasteiger partial charge in [-0.1, -0.05) is 52.9 Å². The summed E-state index contributed by atoms with van der Waals surface area (Å²) in [5.74, 6) is -1.02. The van der Waals surface area contributed by atoms with Crippen molar-refractivity contribution in [2.24, 2.45) is 27.8 Å². The quantitative estimate of drug-likeness (QED) is 0.0950. The van der Waals surface area contributed by atoms with Gasteiger partial charge < -0.3 is 27.4 Å². The number of alkyl halides is 2. The van der Waals surface area contributed by atoms with Crippen LogP contribution in [0.15, 0.2) is 4.99 Å². The number of nitrogens with zero attached hydrogens (tertiary/aromatic N) is 2. The van der Waals surface area contributed by atoms with Gasteiger partial charge in [0.2, 0.25) is 5.91 Å². The fourth-order valence-electron chi connectivity index (χ4n) is 6.69. The largest absolute Gasteiger partial charge is 0.350 e. The lowest BCUT2D eigenvalue weighted by Crippen LogP contribution is -2.67. The van der Waals surface area contributed by atoms with Crippen molar-refractivity contribution in [2.45, 2.75) is 128 Å². The average Bonchev–Trinajstić information content (AvgIpc) is 2.93. The van der Waals surface area contributed by atoms with Crippen molar-refractivity contribution < 1.29 is 9.18 Å². The van der Waals surface area contributed by atoms with Crippen LogP contribution in [-0.2, 0) is 4.79 Å². The summed E-state index contributed by atoms with van der Waals surface area (Å²) >= 11 is 6.73. The number of nitrogens with two attached hydrogens (primary N) is 2. The molecule has 0 radical (unpaired) electrons. The van der Waals surface area contributed by atoms with Crippen LogP contribution in [0.1, 0.15) is 91.9 Å². The number of nitrogens with one attached hydrogen (secondary N) is 3. The molecule has 2 heterocycles. The third kappa shape index (κ3) is 11.1. The average molecular weight is 588 g/mol. The number of carbonyl (C=O) groups excluding carboxylic acids is 1. The number of piperidine rings is 1. The summed E-state index contributed by atoms with van der Waals surface area (Å²) in [5, 5.41) is 9.74. The van der Waals surface area contributed by atoms with Gasteiger partial charge in [0.15, 0.2) is 0 Å².